The van der Waals surface area contributed by atoms with E-state index in [2.05, 4.69) is 10.3 Å². The number of rotatable bonds is 2. The predicted molar refractivity (Wildman–Crippen MR) is 84.8 cm³/mol. The van der Waals surface area contributed by atoms with E-state index in [1.54, 1.807) is 18.7 Å². The molecule has 1 atom stereocenters. The number of aliphatic carboxylic acids is 1. The lowest BCUT2D eigenvalue weighted by Gasteiger charge is -2.30. The van der Waals surface area contributed by atoms with Gasteiger partial charge in [0.2, 0.25) is 0 Å². The quantitative estimate of drug-likeness (QED) is 0.779. The normalized spacial score (nSPS) is 22.0. The molecule has 3 rings (SSSR count). The number of fused-ring (bicyclic) bond motifs is 1. The molecule has 0 aliphatic carbocycles. The molecule has 0 saturated carbocycles. The minimum Gasteiger partial charge on any atom is -0.480 e. The second kappa shape index (κ2) is 7.69. The van der Waals surface area contributed by atoms with E-state index < -0.39 is 11.4 Å². The van der Waals surface area contributed by atoms with Crippen LogP contribution in [-0.2, 0) is 14.3 Å². The number of nitrogens with zero attached hydrogens (tertiary/aromatic N) is 1. The number of para-hydroxylation sites is 1. The first-order valence-electron chi connectivity index (χ1n) is 7.45. The summed E-state index contributed by atoms with van der Waals surface area (Å²) in [6.45, 7) is 2.43. The van der Waals surface area contributed by atoms with Gasteiger partial charge in [-0.3, -0.25) is 14.6 Å². The number of ether oxygens (including phenoxy) is 1. The average Bonchev–Trinajstić information content (AvgIpc) is 2.81. The summed E-state index contributed by atoms with van der Waals surface area (Å²) in [5.74, 6) is -1.25. The summed E-state index contributed by atoms with van der Waals surface area (Å²) in [5.41, 5.74) is -1.15. The molecule has 1 aromatic carbocycles. The van der Waals surface area contributed by atoms with Crippen LogP contribution >= 0.6 is 0 Å². The molecule has 1 unspecified atom stereocenters. The number of nitrogens with one attached hydrogen (secondary N) is 1. The van der Waals surface area contributed by atoms with Crippen LogP contribution in [0.1, 0.15) is 19.8 Å². The van der Waals surface area contributed by atoms with Gasteiger partial charge in [0.15, 0.2) is 0 Å². The summed E-state index contributed by atoms with van der Waals surface area (Å²) in [4.78, 5) is 26.1. The molecular weight excluding hydrogens is 296 g/mol. The molecule has 0 spiro atoms. The Hall–Kier alpha value is -2.47. The molecule has 0 amide bonds. The van der Waals surface area contributed by atoms with Gasteiger partial charge in [0, 0.05) is 11.8 Å². The second-order valence-electron chi connectivity index (χ2n) is 5.45. The van der Waals surface area contributed by atoms with E-state index in [4.69, 9.17) is 9.84 Å². The van der Waals surface area contributed by atoms with Crippen molar-refractivity contribution in [3.63, 3.8) is 0 Å². The highest BCUT2D eigenvalue weighted by Gasteiger charge is 2.44. The molecule has 1 aromatic rings. The zero-order valence-electron chi connectivity index (χ0n) is 13.0. The van der Waals surface area contributed by atoms with Gasteiger partial charge in [0.1, 0.15) is 17.5 Å². The first-order valence-corrected chi connectivity index (χ1v) is 7.45. The maximum Gasteiger partial charge on any atom is 0.318 e. The molecule has 1 fully saturated rings. The van der Waals surface area contributed by atoms with Crippen LogP contribution in [0.3, 0.4) is 0 Å². The highest BCUT2D eigenvalue weighted by molar-refractivity contribution is 6.02. The van der Waals surface area contributed by atoms with Crippen LogP contribution in [0.2, 0.25) is 0 Å². The second-order valence-corrected chi connectivity index (χ2v) is 5.45. The van der Waals surface area contributed by atoms with Crippen LogP contribution < -0.4 is 15.9 Å². The fourth-order valence-corrected chi connectivity index (χ4v) is 2.50. The minimum atomic E-state index is -1.15. The number of Topliss-reactive ketones (excluding diaryl/α,β-unsaturated/α-hetero) is 1. The van der Waals surface area contributed by atoms with E-state index in [-0.39, 0.29) is 12.3 Å². The Morgan fingerprint density at radius 3 is 2.74 bits per heavy atom. The number of ketones is 1. The predicted octanol–water partition coefficient (Wildman–Crippen LogP) is 0.575. The van der Waals surface area contributed by atoms with E-state index in [0.29, 0.717) is 6.42 Å². The fraction of sp³-hybridized carbons (Fsp3) is 0.353. The SMILES string of the molecule is C1=COC=c2ccccc2=N1.CC(=O)C1(C(=O)O)CCCNC1. The first-order chi connectivity index (χ1) is 11.1. The highest BCUT2D eigenvalue weighted by atomic mass is 16.5. The van der Waals surface area contributed by atoms with Crippen LogP contribution in [0.5, 0.6) is 0 Å². The molecule has 0 bridgehead atoms. The van der Waals surface area contributed by atoms with E-state index in [9.17, 15) is 9.59 Å². The van der Waals surface area contributed by atoms with Gasteiger partial charge in [0.25, 0.3) is 0 Å². The highest BCUT2D eigenvalue weighted by Crippen LogP contribution is 2.27. The number of benzene rings is 1. The molecular formula is C17H20N2O4. The van der Waals surface area contributed by atoms with Gasteiger partial charge in [-0.25, -0.2) is 0 Å². The van der Waals surface area contributed by atoms with Crippen LogP contribution in [0.25, 0.3) is 6.26 Å². The Labute approximate surface area is 134 Å². The van der Waals surface area contributed by atoms with Gasteiger partial charge in [0.05, 0.1) is 17.8 Å². The van der Waals surface area contributed by atoms with Gasteiger partial charge in [-0.05, 0) is 38.4 Å². The minimum absolute atomic E-state index is 0.248. The summed E-state index contributed by atoms with van der Waals surface area (Å²) < 4.78 is 5.02. The Morgan fingerprint density at radius 1 is 1.35 bits per heavy atom. The van der Waals surface area contributed by atoms with Crippen molar-refractivity contribution in [3.05, 3.63) is 47.3 Å². The maximum atomic E-state index is 11.1. The van der Waals surface area contributed by atoms with E-state index >= 15 is 0 Å². The van der Waals surface area contributed by atoms with Gasteiger partial charge in [-0.15, -0.1) is 0 Å². The number of hydrogen-bond acceptors (Lipinski definition) is 5. The molecule has 1 saturated heterocycles. The van der Waals surface area contributed by atoms with E-state index in [0.717, 1.165) is 23.5 Å². The van der Waals surface area contributed by atoms with Crippen molar-refractivity contribution in [3.8, 4) is 0 Å². The lowest BCUT2D eigenvalue weighted by atomic mass is 9.77. The zero-order valence-corrected chi connectivity index (χ0v) is 13.0. The lowest BCUT2D eigenvalue weighted by molar-refractivity contribution is -0.155. The van der Waals surface area contributed by atoms with E-state index in [1.165, 1.54) is 6.92 Å². The monoisotopic (exact) mass is 316 g/mol. The van der Waals surface area contributed by atoms with Crippen molar-refractivity contribution < 1.29 is 19.4 Å². The molecule has 6 nitrogen and oxygen atoms in total. The number of hydrogen-bond donors (Lipinski definition) is 2. The Kier molecular flexibility index (Phi) is 5.65. The largest absolute Gasteiger partial charge is 0.480 e. The molecule has 2 heterocycles. The summed E-state index contributed by atoms with van der Waals surface area (Å²) in [6.07, 6.45) is 6.10. The molecule has 0 radical (unpaired) electrons. The maximum absolute atomic E-state index is 11.1. The number of carboxylic acids is 1. The van der Waals surface area contributed by atoms with Crippen molar-refractivity contribution in [2.24, 2.45) is 10.4 Å². The molecule has 2 aliphatic heterocycles. The lowest BCUT2D eigenvalue weighted by Crippen LogP contribution is -2.49. The number of carbonyl (C=O) groups excluding carboxylic acids is 1. The Morgan fingerprint density at radius 2 is 2.13 bits per heavy atom. The topological polar surface area (TPSA) is 88.0 Å². The number of piperidine rings is 1. The third-order valence-electron chi connectivity index (χ3n) is 3.95. The molecule has 6 heteroatoms. The van der Waals surface area contributed by atoms with Crippen LogP contribution in [0.4, 0.5) is 0 Å². The first kappa shape index (κ1) is 16.9. The Balaban J connectivity index is 0.000000167. The number of carbonyl (C=O) groups is 2. The van der Waals surface area contributed by atoms with Crippen molar-refractivity contribution in [1.82, 2.24) is 5.32 Å². The third-order valence-corrected chi connectivity index (χ3v) is 3.95. The number of carboxylic acid groups (broad SMARTS) is 1. The summed E-state index contributed by atoms with van der Waals surface area (Å²) >= 11 is 0. The van der Waals surface area contributed by atoms with Crippen LogP contribution in [0, 0.1) is 5.41 Å². The summed E-state index contributed by atoms with van der Waals surface area (Å²) in [7, 11) is 0. The molecule has 2 aliphatic rings. The van der Waals surface area contributed by atoms with Crippen molar-refractivity contribution in [2.45, 2.75) is 19.8 Å². The molecule has 122 valence electrons. The summed E-state index contributed by atoms with van der Waals surface area (Å²) in [5, 5.41) is 13.8. The average molecular weight is 316 g/mol. The summed E-state index contributed by atoms with van der Waals surface area (Å²) in [6, 6.07) is 7.82. The van der Waals surface area contributed by atoms with Gasteiger partial charge >= 0.3 is 5.97 Å². The van der Waals surface area contributed by atoms with Crippen LogP contribution in [0.15, 0.2) is 41.7 Å². The van der Waals surface area contributed by atoms with Crippen LogP contribution in [-0.4, -0.2) is 29.9 Å². The van der Waals surface area contributed by atoms with Crippen molar-refractivity contribution >= 4 is 18.0 Å². The molecule has 2 N–H and O–H groups in total. The van der Waals surface area contributed by atoms with Gasteiger partial charge in [-0.1, -0.05) is 12.1 Å². The van der Waals surface area contributed by atoms with E-state index in [1.807, 2.05) is 24.3 Å². The van der Waals surface area contributed by atoms with Crippen molar-refractivity contribution in [1.29, 1.82) is 0 Å². The van der Waals surface area contributed by atoms with Gasteiger partial charge in [-0.2, -0.15) is 0 Å². The molecule has 0 aromatic heterocycles. The standard InChI is InChI=1S/C9H7NO.C8H13NO3/c1-2-4-9-8(3-1)7-11-6-5-10-9;1-6(10)8(7(11)12)3-2-4-9-5-8/h1-7H;9H,2-5H2,1H3,(H,11,12). The molecule has 23 heavy (non-hydrogen) atoms. The van der Waals surface area contributed by atoms with Crippen molar-refractivity contribution in [2.75, 3.05) is 13.1 Å². The smallest absolute Gasteiger partial charge is 0.318 e. The third kappa shape index (κ3) is 4.04. The fourth-order valence-electron chi connectivity index (χ4n) is 2.50. The van der Waals surface area contributed by atoms with Gasteiger partial charge < -0.3 is 15.2 Å². The Bertz CT molecular complexity index is 702. The zero-order chi connectivity index (χ0) is 16.7.